The summed E-state index contributed by atoms with van der Waals surface area (Å²) < 4.78 is 19.0. The molecule has 1 heterocycles. The second kappa shape index (κ2) is 5.76. The van der Waals surface area contributed by atoms with Crippen molar-refractivity contribution in [3.63, 3.8) is 0 Å². The quantitative estimate of drug-likeness (QED) is 0.868. The van der Waals surface area contributed by atoms with Crippen LogP contribution in [0.2, 0.25) is 5.02 Å². The van der Waals surface area contributed by atoms with Crippen molar-refractivity contribution in [1.29, 1.82) is 5.26 Å². The molecule has 102 valence electrons. The van der Waals surface area contributed by atoms with E-state index >= 15 is 0 Å². The first-order valence-corrected chi connectivity index (χ1v) is 6.11. The molecule has 0 saturated heterocycles. The highest BCUT2D eigenvalue weighted by atomic mass is 35.5. The largest absolute Gasteiger partial charge is 0.383 e. The highest BCUT2D eigenvalue weighted by molar-refractivity contribution is 6.33. The van der Waals surface area contributed by atoms with Gasteiger partial charge in [-0.15, -0.1) is 0 Å². The molecule has 0 saturated carbocycles. The molecule has 0 fully saturated rings. The SMILES string of the molecule is CN(C)/C=C/c1onc(-c2c(F)cccc2Cl)c1C#N. The fourth-order valence-electron chi connectivity index (χ4n) is 1.64. The number of benzene rings is 1. The highest BCUT2D eigenvalue weighted by Crippen LogP contribution is 2.33. The molecule has 1 aromatic heterocycles. The molecule has 0 bridgehead atoms. The average molecular weight is 292 g/mol. The summed E-state index contributed by atoms with van der Waals surface area (Å²) in [5.74, 6) is -0.291. The van der Waals surface area contributed by atoms with Gasteiger partial charge in [0, 0.05) is 26.4 Å². The van der Waals surface area contributed by atoms with Crippen molar-refractivity contribution in [3.05, 3.63) is 46.6 Å². The van der Waals surface area contributed by atoms with Crippen molar-refractivity contribution < 1.29 is 8.91 Å². The molecule has 0 radical (unpaired) electrons. The third-order valence-corrected chi connectivity index (χ3v) is 2.87. The zero-order chi connectivity index (χ0) is 14.7. The Morgan fingerprint density at radius 1 is 1.45 bits per heavy atom. The Bertz CT molecular complexity index is 681. The molecular weight excluding hydrogens is 281 g/mol. The molecule has 4 nitrogen and oxygen atoms in total. The van der Waals surface area contributed by atoms with Crippen LogP contribution in [-0.4, -0.2) is 24.2 Å². The third kappa shape index (κ3) is 2.65. The Labute approximate surface area is 120 Å². The maximum atomic E-state index is 13.9. The van der Waals surface area contributed by atoms with Crippen LogP contribution in [-0.2, 0) is 0 Å². The summed E-state index contributed by atoms with van der Waals surface area (Å²) in [6.45, 7) is 0. The van der Waals surface area contributed by atoms with Gasteiger partial charge in [-0.05, 0) is 12.1 Å². The fraction of sp³-hybridized carbons (Fsp3) is 0.143. The standard InChI is InChI=1S/C14H11ClFN3O/c1-19(2)7-6-12-9(8-17)14(18-20-12)13-10(15)4-3-5-11(13)16/h3-7H,1-2H3/b7-6+. The smallest absolute Gasteiger partial charge is 0.179 e. The minimum Gasteiger partial charge on any atom is -0.383 e. The van der Waals surface area contributed by atoms with Crippen molar-refractivity contribution in [1.82, 2.24) is 10.1 Å². The van der Waals surface area contributed by atoms with Crippen LogP contribution in [0.5, 0.6) is 0 Å². The van der Waals surface area contributed by atoms with Crippen LogP contribution >= 0.6 is 11.6 Å². The highest BCUT2D eigenvalue weighted by Gasteiger charge is 2.21. The number of nitrogens with zero attached hydrogens (tertiary/aromatic N) is 3. The molecule has 0 aliphatic heterocycles. The molecule has 2 aromatic rings. The Morgan fingerprint density at radius 3 is 2.80 bits per heavy atom. The van der Waals surface area contributed by atoms with Crippen molar-refractivity contribution >= 4 is 17.7 Å². The number of hydrogen-bond acceptors (Lipinski definition) is 4. The van der Waals surface area contributed by atoms with Gasteiger partial charge in [-0.25, -0.2) is 4.39 Å². The molecular formula is C14H11ClFN3O. The van der Waals surface area contributed by atoms with Crippen molar-refractivity contribution in [2.75, 3.05) is 14.1 Å². The molecule has 6 heteroatoms. The van der Waals surface area contributed by atoms with Crippen LogP contribution < -0.4 is 0 Å². The van der Waals surface area contributed by atoms with E-state index in [1.165, 1.54) is 18.2 Å². The summed E-state index contributed by atoms with van der Waals surface area (Å²) in [7, 11) is 3.65. The van der Waals surface area contributed by atoms with Gasteiger partial charge in [0.15, 0.2) is 5.76 Å². The number of nitriles is 1. The summed E-state index contributed by atoms with van der Waals surface area (Å²) in [6.07, 6.45) is 3.29. The summed E-state index contributed by atoms with van der Waals surface area (Å²) >= 11 is 5.97. The van der Waals surface area contributed by atoms with Crippen molar-refractivity contribution in [2.24, 2.45) is 0 Å². The second-order valence-electron chi connectivity index (χ2n) is 4.26. The van der Waals surface area contributed by atoms with Gasteiger partial charge in [-0.3, -0.25) is 0 Å². The normalized spacial score (nSPS) is 10.8. The lowest BCUT2D eigenvalue weighted by Crippen LogP contribution is -1.99. The molecule has 0 unspecified atom stereocenters. The van der Waals surface area contributed by atoms with Crippen LogP contribution in [0.15, 0.2) is 28.9 Å². The number of hydrogen-bond donors (Lipinski definition) is 0. The lowest BCUT2D eigenvalue weighted by Gasteiger charge is -2.02. The Kier molecular flexibility index (Phi) is 4.06. The van der Waals surface area contributed by atoms with E-state index in [-0.39, 0.29) is 27.6 Å². The van der Waals surface area contributed by atoms with E-state index in [1.807, 2.05) is 20.2 Å². The Balaban J connectivity index is 2.57. The molecule has 0 N–H and O–H groups in total. The maximum Gasteiger partial charge on any atom is 0.179 e. The van der Waals surface area contributed by atoms with Gasteiger partial charge in [-0.1, -0.05) is 22.8 Å². The minimum absolute atomic E-state index is 0.0685. The van der Waals surface area contributed by atoms with E-state index in [1.54, 1.807) is 17.2 Å². The molecule has 20 heavy (non-hydrogen) atoms. The molecule has 2 rings (SSSR count). The van der Waals surface area contributed by atoms with Gasteiger partial charge >= 0.3 is 0 Å². The van der Waals surface area contributed by atoms with Gasteiger partial charge in [0.2, 0.25) is 0 Å². The summed E-state index contributed by atoms with van der Waals surface area (Å²) in [5.41, 5.74) is 0.322. The van der Waals surface area contributed by atoms with Gasteiger partial charge < -0.3 is 9.42 Å². The molecule has 0 atom stereocenters. The zero-order valence-electron chi connectivity index (χ0n) is 10.9. The van der Waals surface area contributed by atoms with Gasteiger partial charge in [0.1, 0.15) is 23.1 Å². The monoisotopic (exact) mass is 291 g/mol. The van der Waals surface area contributed by atoms with E-state index in [2.05, 4.69) is 5.16 Å². The lowest BCUT2D eigenvalue weighted by atomic mass is 10.1. The molecule has 0 spiro atoms. The summed E-state index contributed by atoms with van der Waals surface area (Å²) in [4.78, 5) is 1.78. The van der Waals surface area contributed by atoms with Crippen LogP contribution in [0.4, 0.5) is 4.39 Å². The molecule has 0 amide bonds. The van der Waals surface area contributed by atoms with Gasteiger partial charge in [-0.2, -0.15) is 5.26 Å². The number of rotatable bonds is 3. The first kappa shape index (κ1) is 14.1. The minimum atomic E-state index is -0.551. The summed E-state index contributed by atoms with van der Waals surface area (Å²) in [6, 6.07) is 6.24. The summed E-state index contributed by atoms with van der Waals surface area (Å²) in [5, 5.41) is 13.2. The van der Waals surface area contributed by atoms with Gasteiger partial charge in [0.25, 0.3) is 0 Å². The second-order valence-corrected chi connectivity index (χ2v) is 4.67. The van der Waals surface area contributed by atoms with Gasteiger partial charge in [0.05, 0.1) is 10.6 Å². The average Bonchev–Trinajstić information content (AvgIpc) is 2.79. The van der Waals surface area contributed by atoms with Crippen LogP contribution in [0.1, 0.15) is 11.3 Å². The molecule has 0 aliphatic rings. The van der Waals surface area contributed by atoms with Crippen molar-refractivity contribution in [2.45, 2.75) is 0 Å². The third-order valence-electron chi connectivity index (χ3n) is 2.55. The predicted molar refractivity (Wildman–Crippen MR) is 74.3 cm³/mol. The van der Waals surface area contributed by atoms with Crippen LogP contribution in [0.3, 0.4) is 0 Å². The molecule has 0 aliphatic carbocycles. The first-order valence-electron chi connectivity index (χ1n) is 5.73. The first-order chi connectivity index (χ1) is 9.54. The van der Waals surface area contributed by atoms with E-state index in [0.29, 0.717) is 0 Å². The predicted octanol–water partition coefficient (Wildman–Crippen LogP) is 3.54. The number of halogens is 2. The molecule has 1 aromatic carbocycles. The van der Waals surface area contributed by atoms with Crippen LogP contribution in [0.25, 0.3) is 17.3 Å². The Morgan fingerprint density at radius 2 is 2.20 bits per heavy atom. The van der Waals surface area contributed by atoms with Crippen molar-refractivity contribution in [3.8, 4) is 17.3 Å². The van der Waals surface area contributed by atoms with E-state index in [4.69, 9.17) is 16.1 Å². The lowest BCUT2D eigenvalue weighted by molar-refractivity contribution is 0.413. The zero-order valence-corrected chi connectivity index (χ0v) is 11.6. The van der Waals surface area contributed by atoms with E-state index < -0.39 is 5.82 Å². The number of aromatic nitrogens is 1. The van der Waals surface area contributed by atoms with E-state index in [9.17, 15) is 9.65 Å². The maximum absolute atomic E-state index is 13.9. The fourth-order valence-corrected chi connectivity index (χ4v) is 1.89. The van der Waals surface area contributed by atoms with Crippen LogP contribution in [0, 0.1) is 17.1 Å². The van der Waals surface area contributed by atoms with E-state index in [0.717, 1.165) is 0 Å². The Hall–Kier alpha value is -2.32. The topological polar surface area (TPSA) is 53.1 Å².